The number of nitrogens with zero attached hydrogens (tertiary/aromatic N) is 1. The maximum absolute atomic E-state index is 10.6. The lowest BCUT2D eigenvalue weighted by atomic mass is 10.2. The number of aryl methyl sites for hydroxylation is 1. The third-order valence-corrected chi connectivity index (χ3v) is 1.49. The summed E-state index contributed by atoms with van der Waals surface area (Å²) in [5.41, 5.74) is 1.30. The fraction of sp³-hybridized carbons (Fsp3) is 0.111. The molecule has 0 aliphatic carbocycles. The molecule has 1 rings (SSSR count). The number of aromatic nitrogens is 1. The number of carboxylic acid groups (broad SMARTS) is 1. The van der Waals surface area contributed by atoms with Crippen molar-refractivity contribution in [3.05, 3.63) is 35.7 Å². The third kappa shape index (κ3) is 1.50. The van der Waals surface area contributed by atoms with E-state index in [-0.39, 0.29) is 5.69 Å². The molecular weight excluding hydrogens is 154 g/mol. The Balaban J connectivity index is 3.30. The highest BCUT2D eigenvalue weighted by Crippen LogP contribution is 2.08. The highest BCUT2D eigenvalue weighted by atomic mass is 16.4. The van der Waals surface area contributed by atoms with Crippen LogP contribution in [0, 0.1) is 6.92 Å². The SMILES string of the molecule is C=Cc1ccc(C)nc1C(=O)O. The second-order valence-corrected chi connectivity index (χ2v) is 2.40. The summed E-state index contributed by atoms with van der Waals surface area (Å²) in [5, 5.41) is 8.71. The van der Waals surface area contributed by atoms with Crippen molar-refractivity contribution in [2.24, 2.45) is 0 Å². The molecule has 0 aliphatic rings. The molecular formula is C9H9NO2. The largest absolute Gasteiger partial charge is 0.476 e. The second-order valence-electron chi connectivity index (χ2n) is 2.40. The van der Waals surface area contributed by atoms with Crippen LogP contribution in [0.1, 0.15) is 21.7 Å². The van der Waals surface area contributed by atoms with Gasteiger partial charge in [0.05, 0.1) is 0 Å². The predicted molar refractivity (Wildman–Crippen MR) is 46.0 cm³/mol. The van der Waals surface area contributed by atoms with E-state index in [1.165, 1.54) is 6.08 Å². The van der Waals surface area contributed by atoms with Crippen LogP contribution in [0.2, 0.25) is 0 Å². The smallest absolute Gasteiger partial charge is 0.355 e. The Morgan fingerprint density at radius 2 is 2.33 bits per heavy atom. The number of hydrogen-bond acceptors (Lipinski definition) is 2. The van der Waals surface area contributed by atoms with Crippen LogP contribution in [0.3, 0.4) is 0 Å². The Hall–Kier alpha value is -1.64. The monoisotopic (exact) mass is 163 g/mol. The lowest BCUT2D eigenvalue weighted by Gasteiger charge is -2.00. The first-order valence-corrected chi connectivity index (χ1v) is 3.48. The molecule has 0 aromatic carbocycles. The van der Waals surface area contributed by atoms with Gasteiger partial charge < -0.3 is 5.11 Å². The van der Waals surface area contributed by atoms with Crippen LogP contribution in [-0.4, -0.2) is 16.1 Å². The molecule has 1 N–H and O–H groups in total. The van der Waals surface area contributed by atoms with Gasteiger partial charge in [-0.15, -0.1) is 0 Å². The van der Waals surface area contributed by atoms with Gasteiger partial charge in [-0.1, -0.05) is 18.7 Å². The normalized spacial score (nSPS) is 9.42. The molecule has 0 amide bonds. The van der Waals surface area contributed by atoms with Gasteiger partial charge in [0, 0.05) is 11.3 Å². The first-order chi connectivity index (χ1) is 5.65. The summed E-state index contributed by atoms with van der Waals surface area (Å²) >= 11 is 0. The Bertz CT molecular complexity index is 331. The number of hydrogen-bond donors (Lipinski definition) is 1. The lowest BCUT2D eigenvalue weighted by molar-refractivity contribution is 0.0690. The molecule has 0 unspecified atom stereocenters. The minimum absolute atomic E-state index is 0.0602. The van der Waals surface area contributed by atoms with Gasteiger partial charge in [0.2, 0.25) is 0 Å². The molecule has 0 atom stereocenters. The van der Waals surface area contributed by atoms with E-state index in [1.54, 1.807) is 19.1 Å². The topological polar surface area (TPSA) is 50.2 Å². The van der Waals surface area contributed by atoms with Crippen LogP contribution in [0.5, 0.6) is 0 Å². The maximum atomic E-state index is 10.6. The fourth-order valence-corrected chi connectivity index (χ4v) is 0.903. The minimum Gasteiger partial charge on any atom is -0.476 e. The third-order valence-electron chi connectivity index (χ3n) is 1.49. The Labute approximate surface area is 70.4 Å². The van der Waals surface area contributed by atoms with Gasteiger partial charge in [-0.05, 0) is 13.0 Å². The van der Waals surface area contributed by atoms with Gasteiger partial charge in [-0.25, -0.2) is 9.78 Å². The first kappa shape index (κ1) is 8.46. The predicted octanol–water partition coefficient (Wildman–Crippen LogP) is 1.73. The van der Waals surface area contributed by atoms with Crippen molar-refractivity contribution >= 4 is 12.0 Å². The maximum Gasteiger partial charge on any atom is 0.355 e. The highest BCUT2D eigenvalue weighted by Gasteiger charge is 2.08. The molecule has 0 saturated heterocycles. The molecule has 0 radical (unpaired) electrons. The molecule has 0 spiro atoms. The average Bonchev–Trinajstić information content (AvgIpc) is 2.04. The molecule has 0 fully saturated rings. The van der Waals surface area contributed by atoms with Gasteiger partial charge in [0.15, 0.2) is 5.69 Å². The Morgan fingerprint density at radius 3 is 2.83 bits per heavy atom. The van der Waals surface area contributed by atoms with Gasteiger partial charge in [-0.2, -0.15) is 0 Å². The summed E-state index contributed by atoms with van der Waals surface area (Å²) < 4.78 is 0. The van der Waals surface area contributed by atoms with E-state index in [1.807, 2.05) is 0 Å². The van der Waals surface area contributed by atoms with E-state index in [0.29, 0.717) is 11.3 Å². The van der Waals surface area contributed by atoms with Crippen LogP contribution in [0.25, 0.3) is 6.08 Å². The number of carbonyl (C=O) groups is 1. The summed E-state index contributed by atoms with van der Waals surface area (Å²) in [5.74, 6) is -1.02. The van der Waals surface area contributed by atoms with Crippen molar-refractivity contribution in [1.82, 2.24) is 4.98 Å². The number of aromatic carboxylic acids is 1. The highest BCUT2D eigenvalue weighted by molar-refractivity contribution is 5.89. The van der Waals surface area contributed by atoms with Crippen molar-refractivity contribution in [3.8, 4) is 0 Å². The Morgan fingerprint density at radius 1 is 1.67 bits per heavy atom. The molecule has 12 heavy (non-hydrogen) atoms. The summed E-state index contributed by atoms with van der Waals surface area (Å²) in [6, 6.07) is 3.45. The molecule has 1 aromatic rings. The summed E-state index contributed by atoms with van der Waals surface area (Å²) in [6.45, 7) is 5.25. The van der Waals surface area contributed by atoms with Gasteiger partial charge in [0.25, 0.3) is 0 Å². The summed E-state index contributed by atoms with van der Waals surface area (Å²) in [4.78, 5) is 14.5. The van der Waals surface area contributed by atoms with Crippen LogP contribution in [0.4, 0.5) is 0 Å². The zero-order chi connectivity index (χ0) is 9.14. The van der Waals surface area contributed by atoms with E-state index in [0.717, 1.165) is 0 Å². The van der Waals surface area contributed by atoms with Crippen LogP contribution >= 0.6 is 0 Å². The zero-order valence-corrected chi connectivity index (χ0v) is 6.74. The quantitative estimate of drug-likeness (QED) is 0.722. The molecule has 0 bridgehead atoms. The molecule has 3 nitrogen and oxygen atoms in total. The van der Waals surface area contributed by atoms with Crippen molar-refractivity contribution in [3.63, 3.8) is 0 Å². The van der Waals surface area contributed by atoms with Crippen molar-refractivity contribution in [1.29, 1.82) is 0 Å². The molecule has 3 heteroatoms. The van der Waals surface area contributed by atoms with Gasteiger partial charge in [-0.3, -0.25) is 0 Å². The molecule has 0 aliphatic heterocycles. The Kier molecular flexibility index (Phi) is 2.24. The van der Waals surface area contributed by atoms with Crippen molar-refractivity contribution < 1.29 is 9.90 Å². The summed E-state index contributed by atoms with van der Waals surface area (Å²) in [6.07, 6.45) is 1.48. The number of pyridine rings is 1. The first-order valence-electron chi connectivity index (χ1n) is 3.48. The van der Waals surface area contributed by atoms with Crippen LogP contribution < -0.4 is 0 Å². The van der Waals surface area contributed by atoms with E-state index in [2.05, 4.69) is 11.6 Å². The van der Waals surface area contributed by atoms with Gasteiger partial charge >= 0.3 is 5.97 Å². The number of rotatable bonds is 2. The fourth-order valence-electron chi connectivity index (χ4n) is 0.903. The van der Waals surface area contributed by atoms with Gasteiger partial charge in [0.1, 0.15) is 0 Å². The van der Waals surface area contributed by atoms with Crippen LogP contribution in [0.15, 0.2) is 18.7 Å². The van der Waals surface area contributed by atoms with Crippen molar-refractivity contribution in [2.75, 3.05) is 0 Å². The number of carboxylic acids is 1. The van der Waals surface area contributed by atoms with E-state index in [9.17, 15) is 4.79 Å². The van der Waals surface area contributed by atoms with E-state index in [4.69, 9.17) is 5.11 Å². The molecule has 1 heterocycles. The van der Waals surface area contributed by atoms with E-state index >= 15 is 0 Å². The molecule has 0 saturated carbocycles. The zero-order valence-electron chi connectivity index (χ0n) is 6.74. The molecule has 1 aromatic heterocycles. The second kappa shape index (κ2) is 3.17. The lowest BCUT2D eigenvalue weighted by Crippen LogP contribution is -2.03. The van der Waals surface area contributed by atoms with Crippen molar-refractivity contribution in [2.45, 2.75) is 6.92 Å². The minimum atomic E-state index is -1.02. The average molecular weight is 163 g/mol. The van der Waals surface area contributed by atoms with Crippen LogP contribution in [-0.2, 0) is 0 Å². The van der Waals surface area contributed by atoms with E-state index < -0.39 is 5.97 Å². The summed E-state index contributed by atoms with van der Waals surface area (Å²) in [7, 11) is 0. The standard InChI is InChI=1S/C9H9NO2/c1-3-7-5-4-6(2)10-8(7)9(11)12/h3-5H,1H2,2H3,(H,11,12). The molecule has 62 valence electrons.